The van der Waals surface area contributed by atoms with Crippen molar-refractivity contribution in [3.05, 3.63) is 21.7 Å². The van der Waals surface area contributed by atoms with Crippen LogP contribution < -0.4 is 0 Å². The van der Waals surface area contributed by atoms with Gasteiger partial charge in [-0.25, -0.2) is 4.98 Å². The van der Waals surface area contributed by atoms with Crippen LogP contribution in [0.2, 0.25) is 0 Å². The van der Waals surface area contributed by atoms with Crippen LogP contribution in [-0.4, -0.2) is 17.1 Å². The van der Waals surface area contributed by atoms with E-state index in [1.807, 2.05) is 0 Å². The molecule has 0 aromatic carbocycles. The summed E-state index contributed by atoms with van der Waals surface area (Å²) >= 11 is 0.838. The molecule has 1 saturated carbocycles. The van der Waals surface area contributed by atoms with Gasteiger partial charge in [0.25, 0.3) is 0 Å². The Morgan fingerprint density at radius 1 is 1.16 bits per heavy atom. The number of halogens is 5. The number of hydrogen-bond acceptors (Lipinski definition) is 2. The minimum Gasteiger partial charge on any atom is -0.242 e. The minimum atomic E-state index is -5.59. The van der Waals surface area contributed by atoms with Crippen molar-refractivity contribution >= 4 is 16.9 Å². The molecule has 0 spiro atoms. The topological polar surface area (TPSA) is 12.9 Å². The summed E-state index contributed by atoms with van der Waals surface area (Å²) in [5.41, 5.74) is -0.277. The first kappa shape index (κ1) is 14.4. The molecule has 2 rings (SSSR count). The first-order valence-corrected chi connectivity index (χ1v) is 6.71. The van der Waals surface area contributed by atoms with Crippen LogP contribution in [0, 0.1) is 6.92 Å². The second-order valence-electron chi connectivity index (χ2n) is 4.55. The summed E-state index contributed by atoms with van der Waals surface area (Å²) in [4.78, 5) is 3.82. The first-order chi connectivity index (χ1) is 8.73. The predicted molar refractivity (Wildman–Crippen MR) is 63.2 cm³/mol. The number of rotatable bonds is 2. The standard InChI is InChI=1S/C12H12F5NS/c1-7-6-19-10(18-7)9(8-4-2-3-5-8)11(13,14)12(15,16)17/h6H,2-5H2,1H3. The van der Waals surface area contributed by atoms with Crippen molar-refractivity contribution < 1.29 is 22.0 Å². The number of alkyl halides is 5. The number of allylic oxidation sites excluding steroid dienone is 2. The van der Waals surface area contributed by atoms with E-state index in [1.54, 1.807) is 6.92 Å². The van der Waals surface area contributed by atoms with Crippen LogP contribution in [0.3, 0.4) is 0 Å². The van der Waals surface area contributed by atoms with E-state index in [4.69, 9.17) is 0 Å². The van der Waals surface area contributed by atoms with Gasteiger partial charge in [-0.15, -0.1) is 11.3 Å². The average Bonchev–Trinajstić information content (AvgIpc) is 2.89. The molecule has 1 aliphatic carbocycles. The highest BCUT2D eigenvalue weighted by molar-refractivity contribution is 7.10. The molecule has 0 unspecified atom stereocenters. The fraction of sp³-hybridized carbons (Fsp3) is 0.583. The Morgan fingerprint density at radius 3 is 2.16 bits per heavy atom. The van der Waals surface area contributed by atoms with Crippen molar-refractivity contribution in [1.29, 1.82) is 0 Å². The smallest absolute Gasteiger partial charge is 0.242 e. The largest absolute Gasteiger partial charge is 0.458 e. The lowest BCUT2D eigenvalue weighted by atomic mass is 10.0. The Balaban J connectivity index is 2.56. The maximum atomic E-state index is 13.7. The molecule has 7 heteroatoms. The number of nitrogens with zero attached hydrogens (tertiary/aromatic N) is 1. The van der Waals surface area contributed by atoms with Gasteiger partial charge in [0.2, 0.25) is 0 Å². The second-order valence-corrected chi connectivity index (χ2v) is 5.41. The van der Waals surface area contributed by atoms with Gasteiger partial charge in [0.05, 0.1) is 5.57 Å². The van der Waals surface area contributed by atoms with E-state index in [2.05, 4.69) is 4.98 Å². The van der Waals surface area contributed by atoms with Crippen molar-refractivity contribution in [1.82, 2.24) is 4.98 Å². The lowest BCUT2D eigenvalue weighted by Crippen LogP contribution is -2.38. The molecule has 106 valence electrons. The third kappa shape index (κ3) is 2.66. The van der Waals surface area contributed by atoms with Crippen LogP contribution in [0.4, 0.5) is 22.0 Å². The summed E-state index contributed by atoms with van der Waals surface area (Å²) in [5.74, 6) is -4.84. The molecule has 0 aliphatic heterocycles. The highest BCUT2D eigenvalue weighted by Gasteiger charge is 2.61. The number of aryl methyl sites for hydroxylation is 1. The second kappa shape index (κ2) is 4.85. The fourth-order valence-corrected chi connectivity index (χ4v) is 3.09. The zero-order chi connectivity index (χ0) is 14.3. The van der Waals surface area contributed by atoms with Crippen molar-refractivity contribution in [2.45, 2.75) is 44.7 Å². The van der Waals surface area contributed by atoms with Crippen LogP contribution in [0.25, 0.3) is 5.57 Å². The van der Waals surface area contributed by atoms with Gasteiger partial charge in [0, 0.05) is 11.1 Å². The summed E-state index contributed by atoms with van der Waals surface area (Å²) in [6.45, 7) is 1.57. The molecule has 0 radical (unpaired) electrons. The lowest BCUT2D eigenvalue weighted by molar-refractivity contribution is -0.254. The molecule has 1 aliphatic rings. The van der Waals surface area contributed by atoms with Gasteiger partial charge in [-0.1, -0.05) is 5.57 Å². The predicted octanol–water partition coefficient (Wildman–Crippen LogP) is 4.98. The lowest BCUT2D eigenvalue weighted by Gasteiger charge is -2.23. The summed E-state index contributed by atoms with van der Waals surface area (Å²) in [6.07, 6.45) is -3.70. The third-order valence-electron chi connectivity index (χ3n) is 3.06. The molecule has 1 heterocycles. The minimum absolute atomic E-state index is 0.191. The zero-order valence-corrected chi connectivity index (χ0v) is 11.0. The molecule has 1 aromatic rings. The molecule has 1 fully saturated rings. The van der Waals surface area contributed by atoms with Crippen LogP contribution >= 0.6 is 11.3 Å². The molecule has 1 aromatic heterocycles. The Hall–Kier alpha value is -0.980. The normalized spacial score (nSPS) is 17.1. The third-order valence-corrected chi connectivity index (χ3v) is 4.04. The maximum Gasteiger partial charge on any atom is 0.458 e. The molecule has 0 atom stereocenters. The van der Waals surface area contributed by atoms with Crippen molar-refractivity contribution in [2.75, 3.05) is 0 Å². The zero-order valence-electron chi connectivity index (χ0n) is 10.2. The van der Waals surface area contributed by atoms with Crippen LogP contribution in [0.15, 0.2) is 11.0 Å². The maximum absolute atomic E-state index is 13.7. The SMILES string of the molecule is Cc1csc(C(=C2CCCC2)C(F)(F)C(F)(F)F)n1. The van der Waals surface area contributed by atoms with Gasteiger partial charge in [-0.05, 0) is 32.6 Å². The molecule has 19 heavy (non-hydrogen) atoms. The highest BCUT2D eigenvalue weighted by atomic mass is 32.1. The monoisotopic (exact) mass is 297 g/mol. The molecule has 0 N–H and O–H groups in total. The Labute approximate surface area is 111 Å². The van der Waals surface area contributed by atoms with Crippen molar-refractivity contribution in [3.8, 4) is 0 Å². The molecule has 0 amide bonds. The van der Waals surface area contributed by atoms with E-state index in [-0.39, 0.29) is 10.6 Å². The quantitative estimate of drug-likeness (QED) is 0.702. The van der Waals surface area contributed by atoms with E-state index in [0.717, 1.165) is 11.3 Å². The Morgan fingerprint density at radius 2 is 1.74 bits per heavy atom. The summed E-state index contributed by atoms with van der Waals surface area (Å²) in [7, 11) is 0. The number of hydrogen-bond donors (Lipinski definition) is 0. The molecule has 0 saturated heterocycles. The number of aromatic nitrogens is 1. The molecular formula is C12H12F5NS. The summed E-state index contributed by atoms with van der Waals surface area (Å²) < 4.78 is 65.3. The van der Waals surface area contributed by atoms with E-state index in [1.165, 1.54) is 5.38 Å². The van der Waals surface area contributed by atoms with Gasteiger partial charge in [-0.2, -0.15) is 22.0 Å². The van der Waals surface area contributed by atoms with Gasteiger partial charge < -0.3 is 0 Å². The van der Waals surface area contributed by atoms with Crippen LogP contribution in [0.1, 0.15) is 36.4 Å². The average molecular weight is 297 g/mol. The van der Waals surface area contributed by atoms with Crippen molar-refractivity contribution in [3.63, 3.8) is 0 Å². The summed E-state index contributed by atoms with van der Waals surface area (Å²) in [6, 6.07) is 0. The van der Waals surface area contributed by atoms with Crippen LogP contribution in [0.5, 0.6) is 0 Å². The van der Waals surface area contributed by atoms with Gasteiger partial charge >= 0.3 is 12.1 Å². The first-order valence-electron chi connectivity index (χ1n) is 5.83. The van der Waals surface area contributed by atoms with Gasteiger partial charge in [-0.3, -0.25) is 0 Å². The van der Waals surface area contributed by atoms with Gasteiger partial charge in [0.15, 0.2) is 0 Å². The molecule has 1 nitrogen and oxygen atoms in total. The molecule has 0 bridgehead atoms. The fourth-order valence-electron chi connectivity index (χ4n) is 2.17. The van der Waals surface area contributed by atoms with Crippen LogP contribution in [-0.2, 0) is 0 Å². The van der Waals surface area contributed by atoms with Gasteiger partial charge in [0.1, 0.15) is 5.01 Å². The van der Waals surface area contributed by atoms with Crippen molar-refractivity contribution in [2.24, 2.45) is 0 Å². The summed E-state index contributed by atoms with van der Waals surface area (Å²) in [5, 5.41) is 1.27. The Kier molecular flexibility index (Phi) is 3.68. The Bertz CT molecular complexity index is 492. The van der Waals surface area contributed by atoms with E-state index < -0.39 is 17.7 Å². The highest BCUT2D eigenvalue weighted by Crippen LogP contribution is 2.49. The van der Waals surface area contributed by atoms with E-state index >= 15 is 0 Å². The van der Waals surface area contributed by atoms with E-state index in [9.17, 15) is 22.0 Å². The number of thiazole rings is 1. The molecular weight excluding hydrogens is 285 g/mol. The van der Waals surface area contributed by atoms with E-state index in [0.29, 0.717) is 31.4 Å².